The van der Waals surface area contributed by atoms with Crippen LogP contribution in [0.4, 0.5) is 0 Å². The van der Waals surface area contributed by atoms with Crippen LogP contribution in [0.15, 0.2) is 11.6 Å². The lowest BCUT2D eigenvalue weighted by Gasteiger charge is -2.38. The van der Waals surface area contributed by atoms with E-state index in [1.165, 1.54) is 12.5 Å². The fourth-order valence-corrected chi connectivity index (χ4v) is 4.92. The molecule has 0 aromatic heterocycles. The van der Waals surface area contributed by atoms with Gasteiger partial charge < -0.3 is 9.47 Å². The predicted octanol–water partition coefficient (Wildman–Crippen LogP) is 2.86. The van der Waals surface area contributed by atoms with E-state index < -0.39 is 18.2 Å². The summed E-state index contributed by atoms with van der Waals surface area (Å²) >= 11 is 0. The number of carbonyl (C=O) groups is 3. The maximum atomic E-state index is 12.8. The largest absolute Gasteiger partial charge is 0.455 e. The van der Waals surface area contributed by atoms with Crippen LogP contribution >= 0.6 is 0 Å². The molecule has 2 heterocycles. The van der Waals surface area contributed by atoms with Crippen LogP contribution in [0.1, 0.15) is 53.4 Å². The molecule has 2 aliphatic heterocycles. The van der Waals surface area contributed by atoms with Gasteiger partial charge in [0.15, 0.2) is 17.7 Å². The van der Waals surface area contributed by atoms with E-state index in [1.807, 2.05) is 0 Å². The zero-order valence-electron chi connectivity index (χ0n) is 15.5. The third-order valence-corrected chi connectivity index (χ3v) is 6.11. The quantitative estimate of drug-likeness (QED) is 0.567. The molecular weight excluding hydrogens is 320 g/mol. The molecule has 0 saturated carbocycles. The number of hydrogen-bond donors (Lipinski definition) is 0. The normalized spacial score (nSPS) is 38.5. The Kier molecular flexibility index (Phi) is 5.14. The summed E-state index contributed by atoms with van der Waals surface area (Å²) in [7, 11) is 0. The molecule has 2 fully saturated rings. The average Bonchev–Trinajstić information content (AvgIpc) is 2.91. The van der Waals surface area contributed by atoms with E-state index in [0.29, 0.717) is 11.8 Å². The summed E-state index contributed by atoms with van der Waals surface area (Å²) in [5, 5.41) is 0. The van der Waals surface area contributed by atoms with Crippen molar-refractivity contribution in [1.29, 1.82) is 0 Å². The summed E-state index contributed by atoms with van der Waals surface area (Å²) < 4.78 is 11.3. The highest BCUT2D eigenvalue weighted by atomic mass is 16.5. The fraction of sp³-hybridized carbons (Fsp3) is 0.750. The first-order valence-electron chi connectivity index (χ1n) is 9.34. The van der Waals surface area contributed by atoms with Crippen LogP contribution in [0.25, 0.3) is 0 Å². The van der Waals surface area contributed by atoms with Crippen LogP contribution in [-0.2, 0) is 23.9 Å². The molecule has 0 N–H and O–H groups in total. The van der Waals surface area contributed by atoms with Gasteiger partial charge in [-0.2, -0.15) is 0 Å². The molecular formula is C20H28O5. The van der Waals surface area contributed by atoms with Gasteiger partial charge in [0, 0.05) is 31.6 Å². The topological polar surface area (TPSA) is 69.7 Å². The molecule has 0 radical (unpaired) electrons. The van der Waals surface area contributed by atoms with Gasteiger partial charge in [-0.3, -0.25) is 14.4 Å². The molecule has 2 saturated heterocycles. The maximum Gasteiger partial charge on any atom is 0.303 e. The molecule has 2 bridgehead atoms. The number of fused-ring (bicyclic) bond motifs is 5. The molecule has 3 rings (SSSR count). The Morgan fingerprint density at radius 1 is 1.28 bits per heavy atom. The van der Waals surface area contributed by atoms with E-state index in [0.717, 1.165) is 6.42 Å². The van der Waals surface area contributed by atoms with Crippen LogP contribution in [-0.4, -0.2) is 35.8 Å². The van der Waals surface area contributed by atoms with Gasteiger partial charge in [0.25, 0.3) is 0 Å². The molecule has 0 aromatic rings. The van der Waals surface area contributed by atoms with Crippen molar-refractivity contribution in [2.45, 2.75) is 71.7 Å². The maximum absolute atomic E-state index is 12.8. The first kappa shape index (κ1) is 18.3. The molecule has 0 aromatic carbocycles. The predicted molar refractivity (Wildman–Crippen MR) is 91.8 cm³/mol. The first-order valence-corrected chi connectivity index (χ1v) is 9.34. The molecule has 138 valence electrons. The summed E-state index contributed by atoms with van der Waals surface area (Å²) in [5.74, 6) is 0.546. The lowest BCUT2D eigenvalue weighted by Crippen LogP contribution is -2.40. The zero-order valence-corrected chi connectivity index (χ0v) is 15.5. The number of rotatable bonds is 2. The van der Waals surface area contributed by atoms with Crippen molar-refractivity contribution < 1.29 is 23.9 Å². The molecule has 1 aliphatic carbocycles. The number of ether oxygens (including phenoxy) is 2. The SMILES string of the molecule is CC(=O)O[C@H]1CCC(=O)[C@H]2O[C@@H](CC1=O)[C@H]1C(C)=CC[C@H](C(C)C)[C@H]12. The van der Waals surface area contributed by atoms with Crippen LogP contribution in [0.2, 0.25) is 0 Å². The Bertz CT molecular complexity index is 605. The Balaban J connectivity index is 1.92. The van der Waals surface area contributed by atoms with Gasteiger partial charge in [-0.05, 0) is 31.6 Å². The summed E-state index contributed by atoms with van der Waals surface area (Å²) in [6.45, 7) is 7.76. The van der Waals surface area contributed by atoms with E-state index in [4.69, 9.17) is 9.47 Å². The molecule has 0 unspecified atom stereocenters. The minimum atomic E-state index is -0.823. The lowest BCUT2D eigenvalue weighted by molar-refractivity contribution is -0.154. The fourth-order valence-electron chi connectivity index (χ4n) is 4.92. The van der Waals surface area contributed by atoms with Gasteiger partial charge in [0.2, 0.25) is 0 Å². The van der Waals surface area contributed by atoms with Gasteiger partial charge in [-0.25, -0.2) is 0 Å². The van der Waals surface area contributed by atoms with Crippen molar-refractivity contribution in [3.8, 4) is 0 Å². The smallest absolute Gasteiger partial charge is 0.303 e. The monoisotopic (exact) mass is 348 g/mol. The van der Waals surface area contributed by atoms with Crippen molar-refractivity contribution in [1.82, 2.24) is 0 Å². The van der Waals surface area contributed by atoms with Gasteiger partial charge in [-0.15, -0.1) is 0 Å². The Labute approximate surface area is 149 Å². The molecule has 6 atom stereocenters. The molecule has 25 heavy (non-hydrogen) atoms. The number of ketones is 2. The summed E-state index contributed by atoms with van der Waals surface area (Å²) in [6.07, 6.45) is 2.36. The van der Waals surface area contributed by atoms with Crippen LogP contribution < -0.4 is 0 Å². The van der Waals surface area contributed by atoms with E-state index in [-0.39, 0.29) is 48.8 Å². The summed E-state index contributed by atoms with van der Waals surface area (Å²) in [4.78, 5) is 36.8. The number of carbonyl (C=O) groups excluding carboxylic acids is 3. The summed E-state index contributed by atoms with van der Waals surface area (Å²) in [5.41, 5.74) is 1.22. The number of Topliss-reactive ketones (excluding diaryl/α,β-unsaturated/α-hetero) is 2. The van der Waals surface area contributed by atoms with Crippen LogP contribution in [0, 0.1) is 23.7 Å². The van der Waals surface area contributed by atoms with Crippen molar-refractivity contribution in [2.24, 2.45) is 23.7 Å². The Morgan fingerprint density at radius 3 is 2.64 bits per heavy atom. The second kappa shape index (κ2) is 7.02. The third-order valence-electron chi connectivity index (χ3n) is 6.11. The Hall–Kier alpha value is -1.49. The lowest BCUT2D eigenvalue weighted by atomic mass is 9.64. The standard InChI is InChI=1S/C20H28O5/c1-10(2)13-6-5-11(3)18-17-9-15(23)16(24-12(4)21)8-7-14(22)20(25-17)19(13)18/h5,10,13,16-20H,6-9H2,1-4H3/t13-,16+,17+,18-,19-,20-/m1/s1. The van der Waals surface area contributed by atoms with Gasteiger partial charge in [0.1, 0.15) is 6.10 Å². The molecule has 3 aliphatic rings. The Morgan fingerprint density at radius 2 is 2.00 bits per heavy atom. The average molecular weight is 348 g/mol. The van der Waals surface area contributed by atoms with Crippen molar-refractivity contribution in [2.75, 3.05) is 0 Å². The van der Waals surface area contributed by atoms with Crippen molar-refractivity contribution >= 4 is 17.5 Å². The number of hydrogen-bond acceptors (Lipinski definition) is 5. The zero-order chi connectivity index (χ0) is 18.3. The highest BCUT2D eigenvalue weighted by Gasteiger charge is 2.53. The molecule has 0 spiro atoms. The minimum Gasteiger partial charge on any atom is -0.455 e. The van der Waals surface area contributed by atoms with E-state index in [9.17, 15) is 14.4 Å². The highest BCUT2D eigenvalue weighted by molar-refractivity contribution is 5.89. The number of esters is 1. The molecule has 5 nitrogen and oxygen atoms in total. The molecule has 5 heteroatoms. The van der Waals surface area contributed by atoms with Crippen LogP contribution in [0.5, 0.6) is 0 Å². The third kappa shape index (κ3) is 3.43. The molecule has 0 amide bonds. The van der Waals surface area contributed by atoms with Crippen molar-refractivity contribution in [3.63, 3.8) is 0 Å². The van der Waals surface area contributed by atoms with E-state index >= 15 is 0 Å². The summed E-state index contributed by atoms with van der Waals surface area (Å²) in [6, 6.07) is 0. The van der Waals surface area contributed by atoms with Gasteiger partial charge in [0.05, 0.1) is 6.10 Å². The second-order valence-electron chi connectivity index (χ2n) is 8.06. The van der Waals surface area contributed by atoms with E-state index in [1.54, 1.807) is 0 Å². The van der Waals surface area contributed by atoms with Crippen molar-refractivity contribution in [3.05, 3.63) is 11.6 Å². The number of allylic oxidation sites excluding steroid dienone is 1. The van der Waals surface area contributed by atoms with E-state index in [2.05, 4.69) is 26.8 Å². The van der Waals surface area contributed by atoms with Gasteiger partial charge in [-0.1, -0.05) is 25.5 Å². The first-order chi connectivity index (χ1) is 11.8. The van der Waals surface area contributed by atoms with Crippen LogP contribution in [0.3, 0.4) is 0 Å². The van der Waals surface area contributed by atoms with Gasteiger partial charge >= 0.3 is 5.97 Å². The second-order valence-corrected chi connectivity index (χ2v) is 8.06. The highest BCUT2D eigenvalue weighted by Crippen LogP contribution is 2.50. The minimum absolute atomic E-state index is 0.0460.